The van der Waals surface area contributed by atoms with E-state index in [0.29, 0.717) is 22.8 Å². The Morgan fingerprint density at radius 2 is 1.85 bits per heavy atom. The minimum atomic E-state index is -1.74. The molecule has 2 aliphatic rings. The Kier molecular flexibility index (Phi) is 4.25. The number of anilines is 2. The summed E-state index contributed by atoms with van der Waals surface area (Å²) in [5, 5.41) is 0.557. The molecule has 0 bridgehead atoms. The van der Waals surface area contributed by atoms with Crippen molar-refractivity contribution in [1.82, 2.24) is 4.98 Å². The van der Waals surface area contributed by atoms with Gasteiger partial charge >= 0.3 is 0 Å². The summed E-state index contributed by atoms with van der Waals surface area (Å²) in [6.07, 6.45) is 1.57. The second-order valence-corrected chi connectivity index (χ2v) is 8.82. The Hall–Kier alpha value is -3.97. The van der Waals surface area contributed by atoms with E-state index < -0.39 is 22.8 Å². The molecule has 2 aliphatic heterocycles. The molecular formula is C26H18ClN3O4. The normalized spacial score (nSPS) is 18.8. The number of carbonyl (C=O) groups is 2. The molecule has 1 unspecified atom stereocenters. The predicted molar refractivity (Wildman–Crippen MR) is 129 cm³/mol. The lowest BCUT2D eigenvalue weighted by molar-refractivity contribution is -0.121. The average molecular weight is 472 g/mol. The van der Waals surface area contributed by atoms with Crippen LogP contribution in [0.2, 0.25) is 5.02 Å². The zero-order valence-corrected chi connectivity index (χ0v) is 19.1. The molecule has 6 rings (SSSR count). The fourth-order valence-electron chi connectivity index (χ4n) is 5.14. The summed E-state index contributed by atoms with van der Waals surface area (Å²) in [6, 6.07) is 15.4. The number of benzene rings is 2. The first-order valence-electron chi connectivity index (χ1n) is 10.8. The Bertz CT molecular complexity index is 1610. The van der Waals surface area contributed by atoms with Gasteiger partial charge in [0, 0.05) is 23.3 Å². The highest BCUT2D eigenvalue weighted by Crippen LogP contribution is 2.53. The molecule has 0 radical (unpaired) electrons. The topological polar surface area (TPSA) is 83.7 Å². The van der Waals surface area contributed by atoms with Gasteiger partial charge in [0.25, 0.3) is 11.8 Å². The van der Waals surface area contributed by atoms with Crippen molar-refractivity contribution in [2.24, 2.45) is 0 Å². The molecule has 2 aromatic carbocycles. The van der Waals surface area contributed by atoms with E-state index in [2.05, 4.69) is 4.98 Å². The number of aryl methyl sites for hydroxylation is 1. The van der Waals surface area contributed by atoms with Crippen molar-refractivity contribution >= 4 is 45.9 Å². The van der Waals surface area contributed by atoms with Crippen LogP contribution in [0.3, 0.4) is 0 Å². The molecular weight excluding hydrogens is 454 g/mol. The highest BCUT2D eigenvalue weighted by Gasteiger charge is 2.65. The maximum atomic E-state index is 14.2. The van der Waals surface area contributed by atoms with Gasteiger partial charge in [0.15, 0.2) is 11.0 Å². The molecule has 0 N–H and O–H groups in total. The van der Waals surface area contributed by atoms with Crippen molar-refractivity contribution in [2.45, 2.75) is 19.4 Å². The van der Waals surface area contributed by atoms with Crippen molar-refractivity contribution in [3.63, 3.8) is 0 Å². The molecule has 168 valence electrons. The van der Waals surface area contributed by atoms with Gasteiger partial charge in [0.2, 0.25) is 5.76 Å². The quantitative estimate of drug-likeness (QED) is 0.432. The van der Waals surface area contributed by atoms with Crippen LogP contribution in [0.4, 0.5) is 11.5 Å². The summed E-state index contributed by atoms with van der Waals surface area (Å²) < 4.78 is 6.00. The van der Waals surface area contributed by atoms with Crippen molar-refractivity contribution < 1.29 is 14.0 Å². The molecule has 0 aliphatic carbocycles. The summed E-state index contributed by atoms with van der Waals surface area (Å²) >= 11 is 6.18. The summed E-state index contributed by atoms with van der Waals surface area (Å²) in [4.78, 5) is 49.5. The van der Waals surface area contributed by atoms with Crippen LogP contribution in [0.1, 0.15) is 34.2 Å². The fourth-order valence-corrected chi connectivity index (χ4v) is 5.31. The first-order valence-corrected chi connectivity index (χ1v) is 11.2. The molecule has 1 spiro atoms. The number of amides is 2. The maximum Gasteiger partial charge on any atom is 0.297 e. The van der Waals surface area contributed by atoms with Crippen molar-refractivity contribution in [1.29, 1.82) is 0 Å². The number of likely N-dealkylation sites (N-methyl/N-ethyl adjacent to an activating group) is 1. The standard InChI is InChI=1S/C26H18ClN3O4/c1-3-29-18-7-5-4-6-17(18)26(25(29)33)21-22(31)16-13-15(27)8-9-19(16)34-23(21)24(32)30(26)20-12-14(2)10-11-28-20/h4-13H,3H2,1-2H3. The highest BCUT2D eigenvalue weighted by atomic mass is 35.5. The van der Waals surface area contributed by atoms with E-state index in [1.807, 2.05) is 26.0 Å². The molecule has 34 heavy (non-hydrogen) atoms. The fraction of sp³-hybridized carbons (Fsp3) is 0.154. The molecule has 2 aromatic heterocycles. The first kappa shape index (κ1) is 20.6. The summed E-state index contributed by atoms with van der Waals surface area (Å²) in [6.45, 7) is 4.08. The van der Waals surface area contributed by atoms with Crippen LogP contribution < -0.4 is 15.2 Å². The monoisotopic (exact) mass is 471 g/mol. The smallest absolute Gasteiger partial charge is 0.297 e. The van der Waals surface area contributed by atoms with Gasteiger partial charge in [-0.05, 0) is 55.8 Å². The Morgan fingerprint density at radius 3 is 2.62 bits per heavy atom. The van der Waals surface area contributed by atoms with Crippen LogP contribution in [-0.4, -0.2) is 23.3 Å². The number of pyridine rings is 1. The van der Waals surface area contributed by atoms with Gasteiger partial charge in [-0.15, -0.1) is 0 Å². The summed E-state index contributed by atoms with van der Waals surface area (Å²) in [5.41, 5.74) is 0.0295. The molecule has 0 saturated heterocycles. The number of aromatic nitrogens is 1. The number of hydrogen-bond acceptors (Lipinski definition) is 5. The van der Waals surface area contributed by atoms with Crippen molar-refractivity contribution in [3.05, 3.63) is 98.5 Å². The Labute approximate surface area is 199 Å². The number of hydrogen-bond donors (Lipinski definition) is 0. The summed E-state index contributed by atoms with van der Waals surface area (Å²) in [7, 11) is 0. The first-order chi connectivity index (χ1) is 16.4. The zero-order chi connectivity index (χ0) is 23.8. The average Bonchev–Trinajstić information content (AvgIpc) is 3.23. The third-order valence-electron chi connectivity index (χ3n) is 6.53. The van der Waals surface area contributed by atoms with E-state index in [1.165, 1.54) is 11.0 Å². The number of nitrogens with zero attached hydrogens (tertiary/aromatic N) is 3. The second kappa shape index (κ2) is 7.01. The van der Waals surface area contributed by atoms with Gasteiger partial charge in [-0.2, -0.15) is 0 Å². The molecule has 1 atom stereocenters. The van der Waals surface area contributed by atoms with E-state index in [4.69, 9.17) is 16.0 Å². The van der Waals surface area contributed by atoms with E-state index in [-0.39, 0.29) is 28.1 Å². The molecule has 8 heteroatoms. The lowest BCUT2D eigenvalue weighted by Gasteiger charge is -2.33. The number of fused-ring (bicyclic) bond motifs is 5. The molecule has 4 aromatic rings. The van der Waals surface area contributed by atoms with Crippen LogP contribution >= 0.6 is 11.6 Å². The van der Waals surface area contributed by atoms with Gasteiger partial charge in [-0.25, -0.2) is 4.98 Å². The number of halogens is 1. The second-order valence-electron chi connectivity index (χ2n) is 8.38. The third-order valence-corrected chi connectivity index (χ3v) is 6.77. The van der Waals surface area contributed by atoms with E-state index >= 15 is 0 Å². The Morgan fingerprint density at radius 1 is 1.06 bits per heavy atom. The minimum absolute atomic E-state index is 0.0102. The summed E-state index contributed by atoms with van der Waals surface area (Å²) in [5.74, 6) is -0.897. The third kappa shape index (κ3) is 2.42. The highest BCUT2D eigenvalue weighted by molar-refractivity contribution is 6.31. The van der Waals surface area contributed by atoms with Crippen LogP contribution in [0, 0.1) is 6.92 Å². The molecule has 4 heterocycles. The Balaban J connectivity index is 1.81. The number of rotatable bonds is 2. The number of carbonyl (C=O) groups excluding carboxylic acids is 2. The molecule has 2 amide bonds. The molecule has 0 saturated carbocycles. The number of para-hydroxylation sites is 1. The largest absolute Gasteiger partial charge is 0.450 e. The van der Waals surface area contributed by atoms with Crippen LogP contribution in [0.15, 0.2) is 70.0 Å². The van der Waals surface area contributed by atoms with E-state index in [9.17, 15) is 14.4 Å². The van der Waals surface area contributed by atoms with Crippen molar-refractivity contribution in [3.8, 4) is 0 Å². The van der Waals surface area contributed by atoms with Gasteiger partial charge in [-0.1, -0.05) is 29.8 Å². The molecule has 7 nitrogen and oxygen atoms in total. The van der Waals surface area contributed by atoms with Crippen LogP contribution in [0.5, 0.6) is 0 Å². The van der Waals surface area contributed by atoms with Crippen LogP contribution in [-0.2, 0) is 10.3 Å². The maximum absolute atomic E-state index is 14.2. The van der Waals surface area contributed by atoms with Gasteiger partial charge < -0.3 is 9.32 Å². The zero-order valence-electron chi connectivity index (χ0n) is 18.3. The lowest BCUT2D eigenvalue weighted by atomic mass is 9.84. The van der Waals surface area contributed by atoms with E-state index in [1.54, 1.807) is 47.5 Å². The van der Waals surface area contributed by atoms with Gasteiger partial charge in [0.05, 0.1) is 16.6 Å². The van der Waals surface area contributed by atoms with E-state index in [0.717, 1.165) is 5.56 Å². The lowest BCUT2D eigenvalue weighted by Crippen LogP contribution is -2.54. The minimum Gasteiger partial charge on any atom is -0.450 e. The molecule has 0 fully saturated rings. The van der Waals surface area contributed by atoms with Gasteiger partial charge in [0.1, 0.15) is 11.4 Å². The van der Waals surface area contributed by atoms with Crippen LogP contribution in [0.25, 0.3) is 11.0 Å². The van der Waals surface area contributed by atoms with Crippen molar-refractivity contribution in [2.75, 3.05) is 16.3 Å². The predicted octanol–water partition coefficient (Wildman–Crippen LogP) is 4.42. The SMILES string of the molecule is CCN1C(=O)C2(c3ccccc31)c1c(oc3ccc(Cl)cc3c1=O)C(=O)N2c1cc(C)ccn1. The van der Waals surface area contributed by atoms with Gasteiger partial charge in [-0.3, -0.25) is 19.3 Å².